The van der Waals surface area contributed by atoms with Gasteiger partial charge in [-0.2, -0.15) is 4.31 Å². The smallest absolute Gasteiger partial charge is 0.262 e. The summed E-state index contributed by atoms with van der Waals surface area (Å²) in [6, 6.07) is 14.6. The first-order valence-corrected chi connectivity index (χ1v) is 11.2. The third-order valence-electron chi connectivity index (χ3n) is 5.26. The van der Waals surface area contributed by atoms with Crippen LogP contribution >= 0.6 is 0 Å². The second-order valence-corrected chi connectivity index (χ2v) is 9.03. The van der Waals surface area contributed by atoms with E-state index < -0.39 is 22.0 Å². The molecule has 8 heteroatoms. The van der Waals surface area contributed by atoms with E-state index in [1.807, 2.05) is 42.5 Å². The largest absolute Gasteiger partial charge is 0.497 e. The van der Waals surface area contributed by atoms with E-state index in [4.69, 9.17) is 4.74 Å². The minimum atomic E-state index is -3.96. The molecule has 0 radical (unpaired) electrons. The molecule has 2 atom stereocenters. The maximum atomic E-state index is 13.4. The molecule has 2 N–H and O–H groups in total. The minimum Gasteiger partial charge on any atom is -0.497 e. The zero-order valence-electron chi connectivity index (χ0n) is 16.8. The monoisotopic (exact) mass is 430 g/mol. The summed E-state index contributed by atoms with van der Waals surface area (Å²) in [6.07, 6.45) is 5.77. The number of nitrogens with one attached hydrogen (secondary N) is 1. The lowest BCUT2D eigenvalue weighted by atomic mass is 9.93. The number of carbonyl (C=O) groups is 1. The van der Waals surface area contributed by atoms with Crippen molar-refractivity contribution in [1.29, 1.82) is 0 Å². The van der Waals surface area contributed by atoms with Crippen LogP contribution < -0.4 is 10.2 Å². The van der Waals surface area contributed by atoms with Crippen LogP contribution in [0.2, 0.25) is 0 Å². The summed E-state index contributed by atoms with van der Waals surface area (Å²) in [4.78, 5) is 12.7. The predicted octanol–water partition coefficient (Wildman–Crippen LogP) is 3.07. The minimum absolute atomic E-state index is 0.0757. The number of nitrogens with zero attached hydrogens (tertiary/aromatic N) is 1. The molecule has 1 amide bonds. The fourth-order valence-corrected chi connectivity index (χ4v) is 5.37. The number of methoxy groups -OCH3 is 1. The van der Waals surface area contributed by atoms with E-state index in [1.165, 1.54) is 23.5 Å². The summed E-state index contributed by atoms with van der Waals surface area (Å²) in [7, 11) is -2.45. The zero-order valence-corrected chi connectivity index (χ0v) is 17.6. The van der Waals surface area contributed by atoms with Crippen molar-refractivity contribution in [2.24, 2.45) is 5.92 Å². The van der Waals surface area contributed by atoms with Gasteiger partial charge in [0.1, 0.15) is 11.8 Å². The molecule has 1 aliphatic heterocycles. The lowest BCUT2D eigenvalue weighted by Gasteiger charge is -2.31. The Morgan fingerprint density at radius 1 is 1.13 bits per heavy atom. The number of rotatable bonds is 6. The summed E-state index contributed by atoms with van der Waals surface area (Å²) in [6.45, 7) is 0.197. The molecule has 2 aromatic rings. The number of hydrogen-bond acceptors (Lipinski definition) is 5. The van der Waals surface area contributed by atoms with Crippen molar-refractivity contribution in [2.75, 3.05) is 13.7 Å². The van der Waals surface area contributed by atoms with Crippen LogP contribution in [0, 0.1) is 5.92 Å². The van der Waals surface area contributed by atoms with E-state index in [-0.39, 0.29) is 17.4 Å². The van der Waals surface area contributed by atoms with Crippen molar-refractivity contribution in [3.63, 3.8) is 0 Å². The first kappa shape index (κ1) is 22.0. The third kappa shape index (κ3) is 4.89. The SMILES string of the molecule is COc1ccc(S(=O)(=O)N2CCCCC(C=Cc3ccccc3)C2C(=O)NO)cc1. The molecule has 3 rings (SSSR count). The van der Waals surface area contributed by atoms with Crippen molar-refractivity contribution >= 4 is 22.0 Å². The number of hydrogen-bond donors (Lipinski definition) is 2. The molecule has 2 aromatic carbocycles. The molecule has 0 spiro atoms. The van der Waals surface area contributed by atoms with Crippen molar-refractivity contribution < 1.29 is 23.2 Å². The average molecular weight is 431 g/mol. The van der Waals surface area contributed by atoms with Gasteiger partial charge < -0.3 is 4.74 Å². The molecule has 7 nitrogen and oxygen atoms in total. The molecule has 160 valence electrons. The van der Waals surface area contributed by atoms with Gasteiger partial charge in [-0.3, -0.25) is 10.0 Å². The van der Waals surface area contributed by atoms with Crippen LogP contribution in [-0.2, 0) is 14.8 Å². The molecule has 1 aliphatic rings. The fourth-order valence-electron chi connectivity index (χ4n) is 3.70. The normalized spacial score (nSPS) is 20.6. The third-order valence-corrected chi connectivity index (χ3v) is 7.16. The molecule has 30 heavy (non-hydrogen) atoms. The highest BCUT2D eigenvalue weighted by Crippen LogP contribution is 2.31. The van der Waals surface area contributed by atoms with E-state index in [2.05, 4.69) is 0 Å². The zero-order chi connectivity index (χ0) is 21.6. The molecular formula is C22H26N2O5S. The van der Waals surface area contributed by atoms with Crippen LogP contribution in [0.3, 0.4) is 0 Å². The van der Waals surface area contributed by atoms with Crippen LogP contribution in [0.15, 0.2) is 65.6 Å². The fraction of sp³-hybridized carbons (Fsp3) is 0.318. The van der Waals surface area contributed by atoms with Gasteiger partial charge in [0.25, 0.3) is 5.91 Å². The first-order valence-electron chi connectivity index (χ1n) is 9.80. The van der Waals surface area contributed by atoms with Gasteiger partial charge in [-0.15, -0.1) is 0 Å². The van der Waals surface area contributed by atoms with Gasteiger partial charge in [0.15, 0.2) is 0 Å². The second-order valence-electron chi connectivity index (χ2n) is 7.14. The Kier molecular flexibility index (Phi) is 7.25. The number of hydroxylamine groups is 1. The number of ether oxygens (including phenoxy) is 1. The van der Waals surface area contributed by atoms with Crippen LogP contribution in [0.5, 0.6) is 5.75 Å². The maximum absolute atomic E-state index is 13.4. The summed E-state index contributed by atoms with van der Waals surface area (Å²) in [5.41, 5.74) is 2.62. The number of carbonyl (C=O) groups excluding carboxylic acids is 1. The molecular weight excluding hydrogens is 404 g/mol. The molecule has 0 aromatic heterocycles. The van der Waals surface area contributed by atoms with Gasteiger partial charge in [-0.05, 0) is 42.7 Å². The van der Waals surface area contributed by atoms with Crippen LogP contribution in [0.4, 0.5) is 0 Å². The maximum Gasteiger partial charge on any atom is 0.262 e. The van der Waals surface area contributed by atoms with Gasteiger partial charge >= 0.3 is 0 Å². The molecule has 0 aliphatic carbocycles. The van der Waals surface area contributed by atoms with E-state index in [1.54, 1.807) is 17.6 Å². The van der Waals surface area contributed by atoms with Gasteiger partial charge in [-0.25, -0.2) is 13.9 Å². The second kappa shape index (κ2) is 9.88. The molecule has 2 unspecified atom stereocenters. The van der Waals surface area contributed by atoms with E-state index in [0.29, 0.717) is 18.6 Å². The number of benzene rings is 2. The Labute approximate surface area is 177 Å². The van der Waals surface area contributed by atoms with Gasteiger partial charge in [0.2, 0.25) is 10.0 Å². The number of amides is 1. The standard InChI is InChI=1S/C22H26N2O5S/c1-29-19-12-14-20(15-13-19)30(27,28)24-16-6-5-9-18(21(24)22(25)23-26)11-10-17-7-3-2-4-8-17/h2-4,7-8,10-15,18,21,26H,5-6,9,16H2,1H3,(H,23,25). The molecule has 0 bridgehead atoms. The topological polar surface area (TPSA) is 95.9 Å². The van der Waals surface area contributed by atoms with E-state index in [0.717, 1.165) is 12.0 Å². The summed E-state index contributed by atoms with van der Waals surface area (Å²) < 4.78 is 33.1. The highest BCUT2D eigenvalue weighted by molar-refractivity contribution is 7.89. The highest BCUT2D eigenvalue weighted by Gasteiger charge is 2.41. The molecule has 1 heterocycles. The summed E-state index contributed by atoms with van der Waals surface area (Å²) in [5, 5.41) is 9.34. The van der Waals surface area contributed by atoms with Crippen LogP contribution in [-0.4, -0.2) is 43.5 Å². The average Bonchev–Trinajstić information content (AvgIpc) is 3.01. The molecule has 1 saturated heterocycles. The molecule has 0 saturated carbocycles. The predicted molar refractivity (Wildman–Crippen MR) is 113 cm³/mol. The summed E-state index contributed by atoms with van der Waals surface area (Å²) in [5.74, 6) is -0.581. The van der Waals surface area contributed by atoms with Crippen molar-refractivity contribution in [3.05, 3.63) is 66.2 Å². The van der Waals surface area contributed by atoms with Crippen LogP contribution in [0.25, 0.3) is 6.08 Å². The quantitative estimate of drug-likeness (QED) is 0.542. The van der Waals surface area contributed by atoms with Crippen LogP contribution in [0.1, 0.15) is 24.8 Å². The number of sulfonamides is 1. The van der Waals surface area contributed by atoms with E-state index >= 15 is 0 Å². The van der Waals surface area contributed by atoms with Gasteiger partial charge in [-0.1, -0.05) is 48.9 Å². The van der Waals surface area contributed by atoms with Crippen molar-refractivity contribution in [3.8, 4) is 5.75 Å². The Hall–Kier alpha value is -2.68. The molecule has 1 fully saturated rings. The Balaban J connectivity index is 1.97. The highest BCUT2D eigenvalue weighted by atomic mass is 32.2. The summed E-state index contributed by atoms with van der Waals surface area (Å²) >= 11 is 0. The van der Waals surface area contributed by atoms with Crippen molar-refractivity contribution in [1.82, 2.24) is 9.79 Å². The Morgan fingerprint density at radius 2 is 1.83 bits per heavy atom. The van der Waals surface area contributed by atoms with Gasteiger partial charge in [0, 0.05) is 12.5 Å². The van der Waals surface area contributed by atoms with E-state index in [9.17, 15) is 18.4 Å². The van der Waals surface area contributed by atoms with Gasteiger partial charge in [0.05, 0.1) is 12.0 Å². The Morgan fingerprint density at radius 3 is 2.47 bits per heavy atom. The first-order chi connectivity index (χ1) is 14.5. The van der Waals surface area contributed by atoms with Crippen molar-refractivity contribution in [2.45, 2.75) is 30.2 Å². The lowest BCUT2D eigenvalue weighted by Crippen LogP contribution is -2.51. The lowest BCUT2D eigenvalue weighted by molar-refractivity contribution is -0.134. The Bertz CT molecular complexity index is 974.